The number of carbonyl (C=O) groups is 1. The smallest absolute Gasteiger partial charge is 0.161 e. The topological polar surface area (TPSA) is 54.0 Å². The van der Waals surface area contributed by atoms with Crippen LogP contribution in [0.2, 0.25) is 10.0 Å². The maximum atomic E-state index is 10.7. The van der Waals surface area contributed by atoms with E-state index in [1.807, 2.05) is 0 Å². The summed E-state index contributed by atoms with van der Waals surface area (Å²) in [6.45, 7) is 1.45. The SMILES string of the molecule is COc1cc(C=O)ccc1OCCOCCOc1cc(Cl)ccc1Cl. The number of rotatable bonds is 10. The van der Waals surface area contributed by atoms with Gasteiger partial charge in [0.1, 0.15) is 25.2 Å². The summed E-state index contributed by atoms with van der Waals surface area (Å²) in [7, 11) is 1.52. The van der Waals surface area contributed by atoms with Crippen molar-refractivity contribution in [1.29, 1.82) is 0 Å². The normalized spacial score (nSPS) is 10.4. The van der Waals surface area contributed by atoms with E-state index in [0.29, 0.717) is 59.3 Å². The number of hydrogen-bond acceptors (Lipinski definition) is 5. The molecular formula is C18H18Cl2O5. The second kappa shape index (κ2) is 10.1. The van der Waals surface area contributed by atoms with Crippen LogP contribution in [0.15, 0.2) is 36.4 Å². The van der Waals surface area contributed by atoms with Crippen molar-refractivity contribution in [2.45, 2.75) is 0 Å². The van der Waals surface area contributed by atoms with Crippen molar-refractivity contribution in [3.8, 4) is 17.2 Å². The predicted octanol–water partition coefficient (Wildman–Crippen LogP) is 4.29. The summed E-state index contributed by atoms with van der Waals surface area (Å²) in [5.74, 6) is 1.58. The lowest BCUT2D eigenvalue weighted by atomic mass is 10.2. The van der Waals surface area contributed by atoms with E-state index in [0.717, 1.165) is 6.29 Å². The molecule has 0 spiro atoms. The largest absolute Gasteiger partial charge is 0.493 e. The monoisotopic (exact) mass is 384 g/mol. The minimum absolute atomic E-state index is 0.342. The fourth-order valence-electron chi connectivity index (χ4n) is 1.99. The molecule has 0 heterocycles. The molecule has 0 amide bonds. The van der Waals surface area contributed by atoms with Crippen molar-refractivity contribution in [2.75, 3.05) is 33.5 Å². The average Bonchev–Trinajstić information content (AvgIpc) is 2.63. The molecule has 0 saturated carbocycles. The van der Waals surface area contributed by atoms with Gasteiger partial charge in [0.05, 0.1) is 25.3 Å². The predicted molar refractivity (Wildman–Crippen MR) is 96.7 cm³/mol. The fourth-order valence-corrected chi connectivity index (χ4v) is 2.32. The van der Waals surface area contributed by atoms with Crippen LogP contribution in [-0.2, 0) is 4.74 Å². The lowest BCUT2D eigenvalue weighted by molar-refractivity contribution is 0.0757. The summed E-state index contributed by atoms with van der Waals surface area (Å²) in [4.78, 5) is 10.7. The van der Waals surface area contributed by atoms with Crippen LogP contribution in [0.4, 0.5) is 0 Å². The number of hydrogen-bond donors (Lipinski definition) is 0. The Morgan fingerprint density at radius 3 is 2.28 bits per heavy atom. The molecule has 5 nitrogen and oxygen atoms in total. The van der Waals surface area contributed by atoms with Crippen molar-refractivity contribution in [1.82, 2.24) is 0 Å². The van der Waals surface area contributed by atoms with Gasteiger partial charge in [-0.15, -0.1) is 0 Å². The summed E-state index contributed by atoms with van der Waals surface area (Å²) < 4.78 is 21.7. The highest BCUT2D eigenvalue weighted by Gasteiger charge is 2.06. The molecule has 0 unspecified atom stereocenters. The summed E-state index contributed by atoms with van der Waals surface area (Å²) in [5, 5.41) is 1.06. The Morgan fingerprint density at radius 2 is 1.60 bits per heavy atom. The van der Waals surface area contributed by atoms with Crippen molar-refractivity contribution in [2.24, 2.45) is 0 Å². The molecule has 0 N–H and O–H groups in total. The number of ether oxygens (including phenoxy) is 4. The molecule has 0 fully saturated rings. The first kappa shape index (κ1) is 19.4. The highest BCUT2D eigenvalue weighted by Crippen LogP contribution is 2.28. The van der Waals surface area contributed by atoms with Gasteiger partial charge in [-0.25, -0.2) is 0 Å². The molecule has 0 saturated heterocycles. The lowest BCUT2D eigenvalue weighted by Crippen LogP contribution is -2.12. The molecule has 0 aliphatic heterocycles. The second-order valence-electron chi connectivity index (χ2n) is 4.91. The van der Waals surface area contributed by atoms with Crippen molar-refractivity contribution in [3.63, 3.8) is 0 Å². The van der Waals surface area contributed by atoms with E-state index < -0.39 is 0 Å². The van der Waals surface area contributed by atoms with Crippen LogP contribution in [0.25, 0.3) is 0 Å². The second-order valence-corrected chi connectivity index (χ2v) is 5.76. The minimum atomic E-state index is 0.342. The highest BCUT2D eigenvalue weighted by molar-refractivity contribution is 6.34. The van der Waals surface area contributed by atoms with Crippen LogP contribution in [0, 0.1) is 0 Å². The summed E-state index contributed by atoms with van der Waals surface area (Å²) >= 11 is 11.9. The van der Waals surface area contributed by atoms with Gasteiger partial charge in [-0.1, -0.05) is 23.2 Å². The van der Waals surface area contributed by atoms with Gasteiger partial charge < -0.3 is 18.9 Å². The molecule has 0 radical (unpaired) electrons. The van der Waals surface area contributed by atoms with E-state index in [1.165, 1.54) is 7.11 Å². The van der Waals surface area contributed by atoms with Crippen LogP contribution in [0.3, 0.4) is 0 Å². The zero-order chi connectivity index (χ0) is 18.1. The van der Waals surface area contributed by atoms with E-state index >= 15 is 0 Å². The van der Waals surface area contributed by atoms with Gasteiger partial charge in [0.25, 0.3) is 0 Å². The van der Waals surface area contributed by atoms with Gasteiger partial charge in [-0.2, -0.15) is 0 Å². The Kier molecular flexibility index (Phi) is 7.85. The van der Waals surface area contributed by atoms with Crippen molar-refractivity contribution >= 4 is 29.5 Å². The zero-order valence-electron chi connectivity index (χ0n) is 13.7. The Balaban J connectivity index is 1.67. The summed E-state index contributed by atoms with van der Waals surface area (Å²) in [5.41, 5.74) is 0.525. The third kappa shape index (κ3) is 6.12. The first-order valence-electron chi connectivity index (χ1n) is 7.55. The van der Waals surface area contributed by atoms with Gasteiger partial charge in [0.2, 0.25) is 0 Å². The maximum Gasteiger partial charge on any atom is 0.161 e. The van der Waals surface area contributed by atoms with Gasteiger partial charge in [0.15, 0.2) is 11.5 Å². The number of halogens is 2. The first-order chi connectivity index (χ1) is 12.1. The Labute approximate surface area is 156 Å². The van der Waals surface area contributed by atoms with E-state index in [-0.39, 0.29) is 0 Å². The lowest BCUT2D eigenvalue weighted by Gasteiger charge is -2.12. The molecule has 2 aromatic carbocycles. The van der Waals surface area contributed by atoms with Gasteiger partial charge in [-0.05, 0) is 30.3 Å². The molecule has 0 bridgehead atoms. The molecular weight excluding hydrogens is 367 g/mol. The van der Waals surface area contributed by atoms with E-state index in [2.05, 4.69) is 0 Å². The maximum absolute atomic E-state index is 10.7. The van der Waals surface area contributed by atoms with Gasteiger partial charge >= 0.3 is 0 Å². The van der Waals surface area contributed by atoms with Crippen LogP contribution in [0.1, 0.15) is 10.4 Å². The molecule has 134 valence electrons. The molecule has 2 rings (SSSR count). The molecule has 0 aliphatic rings. The molecule has 7 heteroatoms. The third-order valence-corrected chi connectivity index (χ3v) is 3.73. The van der Waals surface area contributed by atoms with E-state index in [1.54, 1.807) is 36.4 Å². The van der Waals surface area contributed by atoms with Crippen molar-refractivity contribution in [3.05, 3.63) is 52.0 Å². The van der Waals surface area contributed by atoms with Crippen LogP contribution in [0.5, 0.6) is 17.2 Å². The van der Waals surface area contributed by atoms with E-state index in [4.69, 9.17) is 42.1 Å². The Morgan fingerprint density at radius 1 is 0.880 bits per heavy atom. The summed E-state index contributed by atoms with van der Waals surface area (Å²) in [6, 6.07) is 9.99. The first-order valence-corrected chi connectivity index (χ1v) is 8.31. The minimum Gasteiger partial charge on any atom is -0.493 e. The molecule has 2 aromatic rings. The van der Waals surface area contributed by atoms with Crippen LogP contribution >= 0.6 is 23.2 Å². The molecule has 0 atom stereocenters. The van der Waals surface area contributed by atoms with Gasteiger partial charge in [-0.3, -0.25) is 4.79 Å². The fraction of sp³-hybridized carbons (Fsp3) is 0.278. The molecule has 25 heavy (non-hydrogen) atoms. The van der Waals surface area contributed by atoms with Crippen LogP contribution in [-0.4, -0.2) is 39.8 Å². The Bertz CT molecular complexity index is 706. The number of carbonyl (C=O) groups excluding carboxylic acids is 1. The standard InChI is InChI=1S/C18H18Cl2O5/c1-22-18-10-13(12-21)2-5-16(18)24-8-6-23-7-9-25-17-11-14(19)3-4-15(17)20/h2-5,10-12H,6-9H2,1H3. The number of benzene rings is 2. The molecule has 0 aromatic heterocycles. The summed E-state index contributed by atoms with van der Waals surface area (Å²) in [6.07, 6.45) is 0.752. The third-order valence-electron chi connectivity index (χ3n) is 3.19. The molecule has 0 aliphatic carbocycles. The van der Waals surface area contributed by atoms with Crippen LogP contribution < -0.4 is 14.2 Å². The zero-order valence-corrected chi connectivity index (χ0v) is 15.2. The number of methoxy groups -OCH3 is 1. The Hall–Kier alpha value is -1.95. The average molecular weight is 385 g/mol. The van der Waals surface area contributed by atoms with Crippen molar-refractivity contribution < 1.29 is 23.7 Å². The quantitative estimate of drug-likeness (QED) is 0.451. The van der Waals surface area contributed by atoms with Gasteiger partial charge in [0, 0.05) is 16.7 Å². The van der Waals surface area contributed by atoms with E-state index in [9.17, 15) is 4.79 Å². The highest BCUT2D eigenvalue weighted by atomic mass is 35.5. The number of aldehydes is 1.